The molecular formula is C18H40GeN2O. The first-order valence-corrected chi connectivity index (χ1v) is 15.1. The van der Waals surface area contributed by atoms with Gasteiger partial charge < -0.3 is 5.73 Å². The molecule has 0 saturated heterocycles. The van der Waals surface area contributed by atoms with Crippen molar-refractivity contribution >= 4 is 19.2 Å². The van der Waals surface area contributed by atoms with E-state index in [9.17, 15) is 4.79 Å². The van der Waals surface area contributed by atoms with E-state index in [0.29, 0.717) is 0 Å². The second-order valence-corrected chi connectivity index (χ2v) is 16.8. The number of hydrogen-bond acceptors (Lipinski definition) is 2. The topological polar surface area (TPSA) is 69.1 Å². The van der Waals surface area contributed by atoms with Crippen LogP contribution in [0, 0.1) is 0 Å². The van der Waals surface area contributed by atoms with E-state index in [0.717, 1.165) is 12.6 Å². The van der Waals surface area contributed by atoms with Gasteiger partial charge >= 0.3 is 112 Å². The van der Waals surface area contributed by atoms with Crippen molar-refractivity contribution in [2.75, 3.05) is 6.54 Å². The molecule has 0 rings (SSSR count). The number of carbonyl (C=O) groups is 1. The van der Waals surface area contributed by atoms with Gasteiger partial charge in [0.15, 0.2) is 0 Å². The number of unbranched alkanes of at least 4 members (excludes halogenated alkanes) is 3. The predicted octanol–water partition coefficient (Wildman–Crippen LogP) is 4.84. The molecule has 0 spiro atoms. The minimum absolute atomic E-state index is 0.481. The maximum absolute atomic E-state index is 9.47. The molecule has 0 aliphatic rings. The van der Waals surface area contributed by atoms with Crippen LogP contribution in [-0.2, 0) is 4.79 Å². The minimum atomic E-state index is -1.51. The zero-order valence-electron chi connectivity index (χ0n) is 15.3. The zero-order chi connectivity index (χ0) is 17.3. The van der Waals surface area contributed by atoms with Crippen LogP contribution >= 0.6 is 0 Å². The molecule has 0 aromatic carbocycles. The van der Waals surface area contributed by atoms with Gasteiger partial charge in [-0.2, -0.15) is 0 Å². The number of rotatable bonds is 13. The van der Waals surface area contributed by atoms with Crippen LogP contribution in [0.5, 0.6) is 0 Å². The van der Waals surface area contributed by atoms with E-state index in [4.69, 9.17) is 5.73 Å². The molecule has 0 radical (unpaired) electrons. The van der Waals surface area contributed by atoms with Gasteiger partial charge in [-0.3, -0.25) is 4.79 Å². The van der Waals surface area contributed by atoms with Crippen molar-refractivity contribution in [2.45, 2.75) is 86.7 Å². The van der Waals surface area contributed by atoms with Gasteiger partial charge in [0.25, 0.3) is 0 Å². The molecule has 0 saturated carbocycles. The van der Waals surface area contributed by atoms with Crippen LogP contribution in [0.2, 0.25) is 21.0 Å². The van der Waals surface area contributed by atoms with Crippen molar-refractivity contribution in [1.29, 1.82) is 0 Å². The van der Waals surface area contributed by atoms with Gasteiger partial charge in [-0.1, -0.05) is 6.58 Å². The molecule has 0 fully saturated rings. The maximum atomic E-state index is 9.47. The Kier molecular flexibility index (Phi) is 18.6. The second kappa shape index (κ2) is 17.1. The SMILES string of the molecule is C=CC(N)=O.CCC[CH2][Ge]([CH2]CCC)([CH2]CCC)[CH2]CCN. The summed E-state index contributed by atoms with van der Waals surface area (Å²) in [5.74, 6) is -0.481. The Hall–Kier alpha value is -0.287. The van der Waals surface area contributed by atoms with Crippen LogP contribution in [0.25, 0.3) is 0 Å². The van der Waals surface area contributed by atoms with E-state index in [1.165, 1.54) is 44.9 Å². The van der Waals surface area contributed by atoms with Crippen LogP contribution in [0.15, 0.2) is 12.7 Å². The van der Waals surface area contributed by atoms with E-state index in [2.05, 4.69) is 33.1 Å². The average Bonchev–Trinajstić information content (AvgIpc) is 2.54. The molecule has 0 bridgehead atoms. The molecule has 4 heteroatoms. The van der Waals surface area contributed by atoms with Crippen molar-refractivity contribution in [3.63, 3.8) is 0 Å². The predicted molar refractivity (Wildman–Crippen MR) is 103 cm³/mol. The van der Waals surface area contributed by atoms with Gasteiger partial charge in [-0.05, 0) is 6.08 Å². The molecule has 0 aliphatic carbocycles. The summed E-state index contributed by atoms with van der Waals surface area (Å²) in [4.78, 5) is 9.47. The first-order chi connectivity index (χ1) is 10.5. The molecule has 132 valence electrons. The Bertz CT molecular complexity index is 232. The van der Waals surface area contributed by atoms with Gasteiger partial charge in [0, 0.05) is 0 Å². The molecule has 0 aromatic heterocycles. The molecule has 0 aromatic rings. The summed E-state index contributed by atoms with van der Waals surface area (Å²) in [7, 11) is 0. The summed E-state index contributed by atoms with van der Waals surface area (Å²) in [5.41, 5.74) is 10.3. The summed E-state index contributed by atoms with van der Waals surface area (Å²) < 4.78 is 0. The standard InChI is InChI=1S/C15H35GeN.C3H5NO/c1-4-7-11-16(12-8-5-2,13-9-6-3)14-10-15-17;1-2-3(4)5/h4-15,17H2,1-3H3;2H,1H2,(H2,4,5). The van der Waals surface area contributed by atoms with E-state index in [1.807, 2.05) is 0 Å². The third-order valence-electron chi connectivity index (χ3n) is 4.29. The summed E-state index contributed by atoms with van der Waals surface area (Å²) in [5, 5.41) is 6.42. The van der Waals surface area contributed by atoms with Crippen molar-refractivity contribution in [1.82, 2.24) is 0 Å². The van der Waals surface area contributed by atoms with E-state index in [1.54, 1.807) is 21.0 Å². The quantitative estimate of drug-likeness (QED) is 0.358. The van der Waals surface area contributed by atoms with Crippen molar-refractivity contribution < 1.29 is 4.79 Å². The second-order valence-electron chi connectivity index (χ2n) is 6.31. The van der Waals surface area contributed by atoms with Crippen LogP contribution in [-0.4, -0.2) is 25.7 Å². The van der Waals surface area contributed by atoms with Gasteiger partial charge in [-0.25, -0.2) is 0 Å². The van der Waals surface area contributed by atoms with Gasteiger partial charge in [0.2, 0.25) is 5.91 Å². The number of nitrogens with two attached hydrogens (primary N) is 2. The van der Waals surface area contributed by atoms with Crippen molar-refractivity contribution in [3.8, 4) is 0 Å². The molecule has 22 heavy (non-hydrogen) atoms. The van der Waals surface area contributed by atoms with Crippen molar-refractivity contribution in [2.24, 2.45) is 11.5 Å². The summed E-state index contributed by atoms with van der Waals surface area (Å²) in [6.45, 7) is 11.0. The van der Waals surface area contributed by atoms with Crippen LogP contribution in [0.1, 0.15) is 65.7 Å². The molecule has 0 aliphatic heterocycles. The fourth-order valence-electron chi connectivity index (χ4n) is 2.88. The third kappa shape index (κ3) is 14.6. The fourth-order valence-corrected chi connectivity index (χ4v) is 15.0. The van der Waals surface area contributed by atoms with Crippen LogP contribution in [0.3, 0.4) is 0 Å². The van der Waals surface area contributed by atoms with Crippen LogP contribution < -0.4 is 11.5 Å². The molecule has 1 amide bonds. The summed E-state index contributed by atoms with van der Waals surface area (Å²) in [6, 6.07) is 0. The number of amides is 1. The summed E-state index contributed by atoms with van der Waals surface area (Å²) >= 11 is -1.51. The Balaban J connectivity index is 0. The van der Waals surface area contributed by atoms with Crippen LogP contribution in [0.4, 0.5) is 0 Å². The Morgan fingerprint density at radius 1 is 0.909 bits per heavy atom. The Morgan fingerprint density at radius 3 is 1.45 bits per heavy atom. The molecule has 4 N–H and O–H groups in total. The molecule has 0 atom stereocenters. The van der Waals surface area contributed by atoms with E-state index < -0.39 is 19.2 Å². The molecular weight excluding hydrogens is 333 g/mol. The monoisotopic (exact) mass is 374 g/mol. The fraction of sp³-hybridized carbons (Fsp3) is 0.833. The third-order valence-corrected chi connectivity index (χ3v) is 16.2. The first-order valence-electron chi connectivity index (χ1n) is 9.13. The first kappa shape index (κ1) is 24.0. The summed E-state index contributed by atoms with van der Waals surface area (Å²) in [6.07, 6.45) is 11.0. The molecule has 0 heterocycles. The number of hydrogen-bond donors (Lipinski definition) is 2. The van der Waals surface area contributed by atoms with Gasteiger partial charge in [-0.15, -0.1) is 0 Å². The van der Waals surface area contributed by atoms with Gasteiger partial charge in [0.05, 0.1) is 0 Å². The van der Waals surface area contributed by atoms with E-state index >= 15 is 0 Å². The molecule has 0 unspecified atom stereocenters. The Labute approximate surface area is 141 Å². The van der Waals surface area contributed by atoms with E-state index in [-0.39, 0.29) is 0 Å². The Morgan fingerprint density at radius 2 is 1.23 bits per heavy atom. The van der Waals surface area contributed by atoms with Crippen molar-refractivity contribution in [3.05, 3.63) is 12.7 Å². The van der Waals surface area contributed by atoms with Gasteiger partial charge in [0.1, 0.15) is 0 Å². The normalized spacial score (nSPS) is 10.7. The number of primary amides is 1. The molecule has 3 nitrogen and oxygen atoms in total. The number of carbonyl (C=O) groups excluding carboxylic acids is 1. The zero-order valence-corrected chi connectivity index (χ0v) is 17.4. The average molecular weight is 373 g/mol.